The lowest BCUT2D eigenvalue weighted by molar-refractivity contribution is -0.141. The van der Waals surface area contributed by atoms with E-state index in [1.54, 1.807) is 60.2 Å². The molecule has 0 spiro atoms. The zero-order chi connectivity index (χ0) is 27.6. The second kappa shape index (κ2) is 11.7. The number of likely N-dealkylation sites (N-methyl/N-ethyl adjacent to an activating group) is 1. The number of hydrogen-bond acceptors (Lipinski definition) is 4. The molecule has 2 aliphatic heterocycles. The molecule has 0 aromatic heterocycles. The molecular weight excluding hydrogens is 527 g/mol. The normalized spacial score (nSPS) is 20.2. The molecule has 202 valence electrons. The van der Waals surface area contributed by atoms with Gasteiger partial charge in [0.2, 0.25) is 17.7 Å². The van der Waals surface area contributed by atoms with Gasteiger partial charge < -0.3 is 20.4 Å². The summed E-state index contributed by atoms with van der Waals surface area (Å²) in [5.74, 6) is -0.923. The second-order valence-corrected chi connectivity index (χ2v) is 10.9. The average molecular weight is 559 g/mol. The van der Waals surface area contributed by atoms with E-state index in [9.17, 15) is 19.2 Å². The molecule has 2 aliphatic rings. The van der Waals surface area contributed by atoms with Crippen LogP contribution in [0.25, 0.3) is 0 Å². The number of hydrogen-bond donors (Lipinski definition) is 1. The molecule has 0 aliphatic carbocycles. The van der Waals surface area contributed by atoms with Gasteiger partial charge in [0.15, 0.2) is 0 Å². The Morgan fingerprint density at radius 3 is 2.05 bits per heavy atom. The summed E-state index contributed by atoms with van der Waals surface area (Å²) in [6, 6.07) is 11.5. The smallest absolute Gasteiger partial charge is 0.253 e. The zero-order valence-corrected chi connectivity index (χ0v) is 23.0. The zero-order valence-electron chi connectivity index (χ0n) is 21.5. The van der Waals surface area contributed by atoms with Gasteiger partial charge in [-0.15, -0.1) is 0 Å². The van der Waals surface area contributed by atoms with Gasteiger partial charge in [0, 0.05) is 69.2 Å². The summed E-state index contributed by atoms with van der Waals surface area (Å²) in [4.78, 5) is 55.4. The Labute approximate surface area is 232 Å². The van der Waals surface area contributed by atoms with Crippen LogP contribution in [0.15, 0.2) is 42.5 Å². The number of carbonyl (C=O) groups excluding carboxylic acids is 4. The number of nitrogens with zero attached hydrogens (tertiary/aromatic N) is 3. The molecule has 10 heteroatoms. The average Bonchev–Trinajstić information content (AvgIpc) is 2.93. The molecule has 8 nitrogen and oxygen atoms in total. The summed E-state index contributed by atoms with van der Waals surface area (Å²) < 4.78 is 0. The molecule has 4 rings (SSSR count). The monoisotopic (exact) mass is 558 g/mol. The van der Waals surface area contributed by atoms with Crippen molar-refractivity contribution in [3.63, 3.8) is 0 Å². The maximum atomic E-state index is 13.5. The van der Waals surface area contributed by atoms with Crippen molar-refractivity contribution in [1.82, 2.24) is 14.7 Å². The number of carbonyl (C=O) groups is 4. The molecule has 2 atom stereocenters. The van der Waals surface area contributed by atoms with Gasteiger partial charge in [0.25, 0.3) is 5.91 Å². The number of benzene rings is 2. The van der Waals surface area contributed by atoms with E-state index in [0.717, 1.165) is 5.56 Å². The molecule has 2 saturated heterocycles. The van der Waals surface area contributed by atoms with Crippen LogP contribution >= 0.6 is 23.2 Å². The van der Waals surface area contributed by atoms with E-state index < -0.39 is 5.91 Å². The highest BCUT2D eigenvalue weighted by atomic mass is 35.5. The first-order valence-corrected chi connectivity index (χ1v) is 13.5. The Kier molecular flexibility index (Phi) is 8.63. The lowest BCUT2D eigenvalue weighted by Gasteiger charge is -2.44. The van der Waals surface area contributed by atoms with E-state index in [2.05, 4.69) is 0 Å². The predicted molar refractivity (Wildman–Crippen MR) is 146 cm³/mol. The van der Waals surface area contributed by atoms with Crippen molar-refractivity contribution in [2.75, 3.05) is 33.2 Å². The van der Waals surface area contributed by atoms with Gasteiger partial charge >= 0.3 is 0 Å². The van der Waals surface area contributed by atoms with Crippen LogP contribution in [-0.4, -0.2) is 77.6 Å². The summed E-state index contributed by atoms with van der Waals surface area (Å²) in [7, 11) is 1.76. The van der Waals surface area contributed by atoms with E-state index in [4.69, 9.17) is 28.9 Å². The second-order valence-electron chi connectivity index (χ2n) is 10.1. The Hall–Kier alpha value is -3.10. The molecular formula is C28H32Cl2N4O4. The fraction of sp³-hybridized carbons (Fsp3) is 0.429. The van der Waals surface area contributed by atoms with Gasteiger partial charge in [-0.25, -0.2) is 0 Å². The van der Waals surface area contributed by atoms with Crippen LogP contribution < -0.4 is 5.73 Å². The summed E-state index contributed by atoms with van der Waals surface area (Å²) >= 11 is 12.5. The van der Waals surface area contributed by atoms with E-state index in [-0.39, 0.29) is 35.6 Å². The minimum absolute atomic E-state index is 0.0355. The van der Waals surface area contributed by atoms with Crippen LogP contribution in [0.3, 0.4) is 0 Å². The number of rotatable bonds is 5. The SMILES string of the molecule is CC(=O)N1CCC(C(=O)N2CC[C@@H](N(C)C(=O)c3ccc(C(N)=O)cc3)[C@H](c3ccc(Cl)c(Cl)c3)C2)CC1. The van der Waals surface area contributed by atoms with Crippen molar-refractivity contribution in [2.45, 2.75) is 38.1 Å². The first-order chi connectivity index (χ1) is 18.1. The van der Waals surface area contributed by atoms with Crippen molar-refractivity contribution < 1.29 is 19.2 Å². The van der Waals surface area contributed by atoms with Crippen LogP contribution in [0.1, 0.15) is 58.4 Å². The Morgan fingerprint density at radius 1 is 0.868 bits per heavy atom. The van der Waals surface area contributed by atoms with E-state index in [1.165, 1.54) is 0 Å². The Morgan fingerprint density at radius 2 is 1.47 bits per heavy atom. The maximum Gasteiger partial charge on any atom is 0.253 e. The van der Waals surface area contributed by atoms with Gasteiger partial charge in [-0.2, -0.15) is 0 Å². The summed E-state index contributed by atoms with van der Waals surface area (Å²) in [6.07, 6.45) is 1.88. The first kappa shape index (κ1) is 27.9. The number of nitrogens with two attached hydrogens (primary N) is 1. The van der Waals surface area contributed by atoms with Crippen molar-refractivity contribution in [3.05, 3.63) is 69.2 Å². The van der Waals surface area contributed by atoms with Gasteiger partial charge in [0.05, 0.1) is 10.0 Å². The van der Waals surface area contributed by atoms with Gasteiger partial charge in [0.1, 0.15) is 0 Å². The highest BCUT2D eigenvalue weighted by Gasteiger charge is 2.39. The van der Waals surface area contributed by atoms with Gasteiger partial charge in [-0.1, -0.05) is 29.3 Å². The van der Waals surface area contributed by atoms with Crippen molar-refractivity contribution in [2.24, 2.45) is 11.7 Å². The first-order valence-electron chi connectivity index (χ1n) is 12.7. The Bertz CT molecular complexity index is 1230. The minimum atomic E-state index is -0.555. The molecule has 0 unspecified atom stereocenters. The van der Waals surface area contributed by atoms with Gasteiger partial charge in [-0.3, -0.25) is 19.2 Å². The molecule has 2 aromatic rings. The molecule has 4 amide bonds. The molecule has 2 heterocycles. The summed E-state index contributed by atoms with van der Waals surface area (Å²) in [5, 5.41) is 0.853. The van der Waals surface area contributed by atoms with E-state index in [1.807, 2.05) is 11.0 Å². The van der Waals surface area contributed by atoms with Crippen LogP contribution in [0.4, 0.5) is 0 Å². The summed E-state index contributed by atoms with van der Waals surface area (Å²) in [6.45, 7) is 3.69. The molecule has 2 N–H and O–H groups in total. The van der Waals surface area contributed by atoms with Gasteiger partial charge in [-0.05, 0) is 61.2 Å². The molecule has 2 fully saturated rings. The van der Waals surface area contributed by atoms with Crippen LogP contribution in [0.2, 0.25) is 10.0 Å². The largest absolute Gasteiger partial charge is 0.366 e. The van der Waals surface area contributed by atoms with Crippen LogP contribution in [0, 0.1) is 5.92 Å². The van der Waals surface area contributed by atoms with E-state index >= 15 is 0 Å². The molecule has 38 heavy (non-hydrogen) atoms. The fourth-order valence-electron chi connectivity index (χ4n) is 5.50. The maximum absolute atomic E-state index is 13.5. The number of piperidine rings is 2. The molecule has 2 aromatic carbocycles. The van der Waals surface area contributed by atoms with Crippen molar-refractivity contribution >= 4 is 46.8 Å². The third-order valence-corrected chi connectivity index (χ3v) is 8.52. The molecule has 0 saturated carbocycles. The standard InChI is InChI=1S/C28H32Cl2N4O4/c1-17(35)33-12-9-20(10-13-33)28(38)34-14-11-25(22(16-34)21-7-8-23(29)24(30)15-21)32(2)27(37)19-5-3-18(4-6-19)26(31)36/h3-8,15,20,22,25H,9-14,16H2,1-2H3,(H2,31,36)/t22-,25+/m0/s1. The fourth-order valence-corrected chi connectivity index (χ4v) is 5.81. The minimum Gasteiger partial charge on any atom is -0.366 e. The third-order valence-electron chi connectivity index (χ3n) is 7.78. The highest BCUT2D eigenvalue weighted by molar-refractivity contribution is 6.42. The lowest BCUT2D eigenvalue weighted by Crippen LogP contribution is -2.53. The number of likely N-dealkylation sites (tertiary alicyclic amines) is 2. The number of amides is 4. The van der Waals surface area contributed by atoms with Crippen LogP contribution in [0.5, 0.6) is 0 Å². The quantitative estimate of drug-likeness (QED) is 0.602. The topological polar surface area (TPSA) is 104 Å². The third kappa shape index (κ3) is 5.97. The van der Waals surface area contributed by atoms with E-state index in [0.29, 0.717) is 66.6 Å². The van der Waals surface area contributed by atoms with Crippen molar-refractivity contribution in [3.8, 4) is 0 Å². The molecule has 0 radical (unpaired) electrons. The Balaban J connectivity index is 1.55. The van der Waals surface area contributed by atoms with Crippen LogP contribution in [-0.2, 0) is 9.59 Å². The number of halogens is 2. The predicted octanol–water partition coefficient (Wildman–Crippen LogP) is 3.81. The molecule has 0 bridgehead atoms. The van der Waals surface area contributed by atoms with Crippen molar-refractivity contribution in [1.29, 1.82) is 0 Å². The lowest BCUT2D eigenvalue weighted by atomic mass is 9.83. The highest BCUT2D eigenvalue weighted by Crippen LogP contribution is 2.35. The number of primary amides is 1. The summed E-state index contributed by atoms with van der Waals surface area (Å²) in [5.41, 5.74) is 7.01.